The van der Waals surface area contributed by atoms with Gasteiger partial charge in [0.25, 0.3) is 5.91 Å². The minimum Gasteiger partial charge on any atom is -0.506 e. The Bertz CT molecular complexity index is 409. The van der Waals surface area contributed by atoms with E-state index in [0.717, 1.165) is 0 Å². The van der Waals surface area contributed by atoms with Crippen LogP contribution in [-0.4, -0.2) is 38.3 Å². The van der Waals surface area contributed by atoms with Crippen molar-refractivity contribution in [1.29, 1.82) is 0 Å². The Balaban J connectivity index is 2.56. The molecule has 88 valence electrons. The maximum absolute atomic E-state index is 11.6. The predicted molar refractivity (Wildman–Crippen MR) is 61.8 cm³/mol. The van der Waals surface area contributed by atoms with Crippen LogP contribution in [0.25, 0.3) is 0 Å². The van der Waals surface area contributed by atoms with Crippen molar-refractivity contribution in [3.8, 4) is 5.75 Å². The van der Waals surface area contributed by atoms with Gasteiger partial charge in [-0.15, -0.1) is 0 Å². The van der Waals surface area contributed by atoms with Crippen LogP contribution in [0.15, 0.2) is 18.5 Å². The second kappa shape index (κ2) is 5.60. The maximum Gasteiger partial charge on any atom is 0.253 e. The highest BCUT2D eigenvalue weighted by atomic mass is 32.2. The largest absolute Gasteiger partial charge is 0.506 e. The lowest BCUT2D eigenvalue weighted by Crippen LogP contribution is -2.32. The Morgan fingerprint density at radius 2 is 2.31 bits per heavy atom. The Labute approximate surface area is 96.4 Å². The average Bonchev–Trinajstić information content (AvgIpc) is 2.25. The molecule has 0 saturated carbocycles. The molecule has 16 heavy (non-hydrogen) atoms. The van der Waals surface area contributed by atoms with Gasteiger partial charge in [0.15, 0.2) is 0 Å². The number of hydrogen-bond donors (Lipinski definition) is 2. The summed E-state index contributed by atoms with van der Waals surface area (Å²) in [4.78, 5) is 15.3. The van der Waals surface area contributed by atoms with Crippen molar-refractivity contribution in [2.45, 2.75) is 12.2 Å². The van der Waals surface area contributed by atoms with Crippen LogP contribution in [0.2, 0.25) is 0 Å². The fourth-order valence-electron chi connectivity index (χ4n) is 1.01. The van der Waals surface area contributed by atoms with E-state index in [-0.39, 0.29) is 22.5 Å². The lowest BCUT2D eigenvalue weighted by molar-refractivity contribution is 0.0953. The molecule has 5 nitrogen and oxygen atoms in total. The van der Waals surface area contributed by atoms with Crippen molar-refractivity contribution in [2.24, 2.45) is 0 Å². The van der Waals surface area contributed by atoms with E-state index in [1.54, 1.807) is 13.2 Å². The van der Waals surface area contributed by atoms with E-state index in [9.17, 15) is 9.00 Å². The van der Waals surface area contributed by atoms with E-state index in [4.69, 9.17) is 5.11 Å². The van der Waals surface area contributed by atoms with Crippen LogP contribution in [0.5, 0.6) is 5.75 Å². The van der Waals surface area contributed by atoms with E-state index in [1.165, 1.54) is 18.5 Å². The van der Waals surface area contributed by atoms with Crippen LogP contribution in [-0.2, 0) is 10.8 Å². The molecule has 2 N–H and O–H groups in total. The van der Waals surface area contributed by atoms with Gasteiger partial charge in [0.1, 0.15) is 5.75 Å². The van der Waals surface area contributed by atoms with Crippen molar-refractivity contribution < 1.29 is 14.1 Å². The Morgan fingerprint density at radius 3 is 2.88 bits per heavy atom. The predicted octanol–water partition coefficient (Wildman–Crippen LogP) is 0.284. The number of carbonyl (C=O) groups is 1. The van der Waals surface area contributed by atoms with Gasteiger partial charge in [0, 0.05) is 35.0 Å². The maximum atomic E-state index is 11.6. The number of carbonyl (C=O) groups excluding carboxylic acids is 1. The van der Waals surface area contributed by atoms with Crippen molar-refractivity contribution in [3.05, 3.63) is 24.0 Å². The number of nitrogens with one attached hydrogen (secondary N) is 1. The van der Waals surface area contributed by atoms with Gasteiger partial charge < -0.3 is 10.4 Å². The van der Waals surface area contributed by atoms with Gasteiger partial charge in [0.2, 0.25) is 0 Å². The third-order valence-corrected chi connectivity index (χ3v) is 3.40. The number of nitrogens with zero attached hydrogens (tertiary/aromatic N) is 1. The highest BCUT2D eigenvalue weighted by Crippen LogP contribution is 2.08. The lowest BCUT2D eigenvalue weighted by atomic mass is 10.2. The fraction of sp³-hybridized carbons (Fsp3) is 0.400. The summed E-state index contributed by atoms with van der Waals surface area (Å²) in [6, 6.07) is 1.33. The van der Waals surface area contributed by atoms with Gasteiger partial charge in [-0.05, 0) is 13.0 Å². The van der Waals surface area contributed by atoms with Crippen molar-refractivity contribution in [1.82, 2.24) is 10.3 Å². The lowest BCUT2D eigenvalue weighted by Gasteiger charge is -2.09. The first-order valence-electron chi connectivity index (χ1n) is 4.75. The summed E-state index contributed by atoms with van der Waals surface area (Å²) in [6.45, 7) is 2.12. The molecule has 1 amide bonds. The average molecular weight is 242 g/mol. The van der Waals surface area contributed by atoms with E-state index in [1.807, 2.05) is 0 Å². The van der Waals surface area contributed by atoms with Crippen molar-refractivity contribution >= 4 is 16.7 Å². The topological polar surface area (TPSA) is 79.3 Å². The Morgan fingerprint density at radius 1 is 1.62 bits per heavy atom. The SMILES string of the molecule is CC(CNC(=O)c1cncc(O)c1)S(C)=O. The number of aromatic hydroxyl groups is 1. The molecular formula is C10H14N2O3S. The number of rotatable bonds is 4. The molecule has 0 fully saturated rings. The summed E-state index contributed by atoms with van der Waals surface area (Å²) in [6.07, 6.45) is 4.20. The molecule has 0 saturated heterocycles. The van der Waals surface area contributed by atoms with Crippen LogP contribution in [0, 0.1) is 0 Å². The second-order valence-electron chi connectivity index (χ2n) is 3.45. The smallest absolute Gasteiger partial charge is 0.253 e. The molecule has 2 unspecified atom stereocenters. The second-order valence-corrected chi connectivity index (χ2v) is 5.25. The first-order chi connectivity index (χ1) is 7.50. The normalized spacial score (nSPS) is 14.1. The number of pyridine rings is 1. The van der Waals surface area contributed by atoms with Crippen LogP contribution < -0.4 is 5.32 Å². The van der Waals surface area contributed by atoms with Crippen molar-refractivity contribution in [3.63, 3.8) is 0 Å². The minimum atomic E-state index is -0.967. The molecule has 6 heteroatoms. The zero-order valence-corrected chi connectivity index (χ0v) is 9.95. The van der Waals surface area contributed by atoms with Gasteiger partial charge >= 0.3 is 0 Å². The van der Waals surface area contributed by atoms with Crippen LogP contribution >= 0.6 is 0 Å². The summed E-state index contributed by atoms with van der Waals surface area (Å²) in [5.41, 5.74) is 0.286. The number of hydrogen-bond acceptors (Lipinski definition) is 4. The van der Waals surface area contributed by atoms with E-state index < -0.39 is 10.8 Å². The molecule has 1 aromatic rings. The minimum absolute atomic E-state index is 0.0558. The van der Waals surface area contributed by atoms with Crippen molar-refractivity contribution in [2.75, 3.05) is 12.8 Å². The molecule has 1 heterocycles. The summed E-state index contributed by atoms with van der Waals surface area (Å²) >= 11 is 0. The fourth-order valence-corrected chi connectivity index (χ4v) is 1.33. The van der Waals surface area contributed by atoms with E-state index in [0.29, 0.717) is 6.54 Å². The zero-order valence-electron chi connectivity index (χ0n) is 9.14. The molecular weight excluding hydrogens is 228 g/mol. The van der Waals surface area contributed by atoms with Crippen LogP contribution in [0.3, 0.4) is 0 Å². The molecule has 1 aromatic heterocycles. The molecule has 0 aliphatic carbocycles. The first-order valence-corrected chi connectivity index (χ1v) is 6.37. The van der Waals surface area contributed by atoms with Gasteiger partial charge in [-0.1, -0.05) is 0 Å². The molecule has 0 bridgehead atoms. The van der Waals surface area contributed by atoms with Gasteiger partial charge in [-0.2, -0.15) is 0 Å². The van der Waals surface area contributed by atoms with E-state index >= 15 is 0 Å². The summed E-state index contributed by atoms with van der Waals surface area (Å²) in [5, 5.41) is 11.7. The molecule has 0 radical (unpaired) electrons. The standard InChI is InChI=1S/C10H14N2O3S/c1-7(16(2)15)4-12-10(14)8-3-9(13)6-11-5-8/h3,5-7,13H,4H2,1-2H3,(H,12,14). The van der Waals surface area contributed by atoms with E-state index in [2.05, 4.69) is 10.3 Å². The summed E-state index contributed by atoms with van der Waals surface area (Å²) < 4.78 is 11.1. The highest BCUT2D eigenvalue weighted by Gasteiger charge is 2.10. The van der Waals surface area contributed by atoms with Crippen LogP contribution in [0.1, 0.15) is 17.3 Å². The van der Waals surface area contributed by atoms with Crippen LogP contribution in [0.4, 0.5) is 0 Å². The monoisotopic (exact) mass is 242 g/mol. The Hall–Kier alpha value is -1.43. The number of aromatic nitrogens is 1. The van der Waals surface area contributed by atoms with Gasteiger partial charge in [0.05, 0.1) is 11.8 Å². The summed E-state index contributed by atoms with van der Waals surface area (Å²) in [7, 11) is -0.967. The van der Waals surface area contributed by atoms with Gasteiger partial charge in [-0.3, -0.25) is 14.0 Å². The molecule has 1 rings (SSSR count). The summed E-state index contributed by atoms with van der Waals surface area (Å²) in [5.74, 6) is -0.388. The molecule has 0 aromatic carbocycles. The quantitative estimate of drug-likeness (QED) is 0.795. The number of amides is 1. The molecule has 2 atom stereocenters. The third-order valence-electron chi connectivity index (χ3n) is 2.10. The van der Waals surface area contributed by atoms with Gasteiger partial charge in [-0.25, -0.2) is 0 Å². The first kappa shape index (κ1) is 12.6. The zero-order chi connectivity index (χ0) is 12.1. The molecule has 0 aliphatic heterocycles. The molecule has 0 spiro atoms. The third kappa shape index (κ3) is 3.62. The highest BCUT2D eigenvalue weighted by molar-refractivity contribution is 7.84. The molecule has 0 aliphatic rings. The Kier molecular flexibility index (Phi) is 4.42.